The molecule has 0 aromatic heterocycles. The molecule has 1 aliphatic rings. The van der Waals surface area contributed by atoms with Gasteiger partial charge in [0.25, 0.3) is 0 Å². The van der Waals surface area contributed by atoms with E-state index in [-0.39, 0.29) is 5.60 Å². The van der Waals surface area contributed by atoms with Crippen molar-refractivity contribution in [1.29, 1.82) is 0 Å². The van der Waals surface area contributed by atoms with E-state index < -0.39 is 0 Å². The molecule has 0 amide bonds. The van der Waals surface area contributed by atoms with Gasteiger partial charge in [-0.2, -0.15) is 0 Å². The predicted molar refractivity (Wildman–Crippen MR) is 60.2 cm³/mol. The van der Waals surface area contributed by atoms with Crippen LogP contribution in [0.25, 0.3) is 0 Å². The molecule has 1 N–H and O–H groups in total. The fourth-order valence-electron chi connectivity index (χ4n) is 1.91. The molecule has 0 bridgehead atoms. The molecule has 0 aliphatic heterocycles. The number of aliphatic hydroxyl groups is 1. The monoisotopic (exact) mass is 206 g/mol. The van der Waals surface area contributed by atoms with Gasteiger partial charge in [-0.1, -0.05) is 12.1 Å². The van der Waals surface area contributed by atoms with Crippen LogP contribution in [0.15, 0.2) is 18.2 Å². The van der Waals surface area contributed by atoms with E-state index in [4.69, 9.17) is 4.74 Å². The fourth-order valence-corrected chi connectivity index (χ4v) is 1.91. The summed E-state index contributed by atoms with van der Waals surface area (Å²) in [5, 5.41) is 9.78. The van der Waals surface area contributed by atoms with Crippen molar-refractivity contribution in [3.8, 4) is 5.75 Å². The van der Waals surface area contributed by atoms with Gasteiger partial charge in [0.05, 0.1) is 12.7 Å². The topological polar surface area (TPSA) is 29.5 Å². The van der Waals surface area contributed by atoms with Crippen LogP contribution in [0.5, 0.6) is 5.75 Å². The second-order valence-corrected chi connectivity index (χ2v) is 4.47. The Morgan fingerprint density at radius 1 is 1.40 bits per heavy atom. The molecular weight excluding hydrogens is 188 g/mol. The lowest BCUT2D eigenvalue weighted by atomic mass is 10.0. The molecular formula is C13H18O2. The van der Waals surface area contributed by atoms with Gasteiger partial charge in [0.15, 0.2) is 0 Å². The van der Waals surface area contributed by atoms with E-state index in [1.165, 1.54) is 11.1 Å². The van der Waals surface area contributed by atoms with E-state index in [0.29, 0.717) is 0 Å². The lowest BCUT2D eigenvalue weighted by Gasteiger charge is -2.12. The molecule has 0 saturated heterocycles. The summed E-state index contributed by atoms with van der Waals surface area (Å²) in [6, 6.07) is 6.10. The molecule has 2 rings (SSSR count). The summed E-state index contributed by atoms with van der Waals surface area (Å²) in [6.07, 6.45) is 3.76. The highest BCUT2D eigenvalue weighted by Gasteiger charge is 2.39. The minimum atomic E-state index is -0.352. The van der Waals surface area contributed by atoms with E-state index in [2.05, 4.69) is 13.0 Å². The van der Waals surface area contributed by atoms with Crippen molar-refractivity contribution in [2.24, 2.45) is 0 Å². The van der Waals surface area contributed by atoms with E-state index in [1.54, 1.807) is 7.11 Å². The van der Waals surface area contributed by atoms with E-state index in [9.17, 15) is 5.11 Å². The summed E-state index contributed by atoms with van der Waals surface area (Å²) < 4.78 is 5.27. The number of rotatable bonds is 4. The first kappa shape index (κ1) is 10.5. The van der Waals surface area contributed by atoms with Gasteiger partial charge in [0.1, 0.15) is 5.75 Å². The van der Waals surface area contributed by atoms with Crippen LogP contribution in [0.3, 0.4) is 0 Å². The number of benzene rings is 1. The van der Waals surface area contributed by atoms with Gasteiger partial charge in [-0.3, -0.25) is 0 Å². The van der Waals surface area contributed by atoms with Gasteiger partial charge in [-0.05, 0) is 49.8 Å². The summed E-state index contributed by atoms with van der Waals surface area (Å²) in [4.78, 5) is 0. The number of hydrogen-bond acceptors (Lipinski definition) is 2. The number of ether oxygens (including phenoxy) is 1. The molecule has 1 saturated carbocycles. The highest BCUT2D eigenvalue weighted by Crippen LogP contribution is 2.39. The van der Waals surface area contributed by atoms with Crippen LogP contribution in [-0.2, 0) is 6.42 Å². The van der Waals surface area contributed by atoms with Crippen LogP contribution in [0.4, 0.5) is 0 Å². The first-order valence-corrected chi connectivity index (χ1v) is 5.49. The van der Waals surface area contributed by atoms with E-state index >= 15 is 0 Å². The lowest BCUT2D eigenvalue weighted by Crippen LogP contribution is -2.08. The Hall–Kier alpha value is -1.02. The van der Waals surface area contributed by atoms with Crippen LogP contribution in [0.1, 0.15) is 30.4 Å². The van der Waals surface area contributed by atoms with Gasteiger partial charge in [-0.15, -0.1) is 0 Å². The number of aryl methyl sites for hydroxylation is 1. The standard InChI is InChI=1S/C13H18O2/c1-10-11(4-3-5-12(10)15-2)6-7-13(14)8-9-13/h3-5,14H,6-9H2,1-2H3. The van der Waals surface area contributed by atoms with Crippen molar-refractivity contribution >= 4 is 0 Å². The van der Waals surface area contributed by atoms with Gasteiger partial charge in [-0.25, -0.2) is 0 Å². The quantitative estimate of drug-likeness (QED) is 0.820. The summed E-state index contributed by atoms with van der Waals surface area (Å²) in [5.74, 6) is 0.940. The Labute approximate surface area is 90.9 Å². The molecule has 2 nitrogen and oxygen atoms in total. The fraction of sp³-hybridized carbons (Fsp3) is 0.538. The second-order valence-electron chi connectivity index (χ2n) is 4.47. The molecule has 82 valence electrons. The lowest BCUT2D eigenvalue weighted by molar-refractivity contribution is 0.140. The zero-order chi connectivity index (χ0) is 10.9. The van der Waals surface area contributed by atoms with Crippen LogP contribution >= 0.6 is 0 Å². The average molecular weight is 206 g/mol. The first-order chi connectivity index (χ1) is 7.14. The minimum Gasteiger partial charge on any atom is -0.496 e. The maximum absolute atomic E-state index is 9.78. The SMILES string of the molecule is COc1cccc(CCC2(O)CC2)c1C. The third-order valence-electron chi connectivity index (χ3n) is 3.30. The Bertz CT molecular complexity index is 354. The molecule has 0 atom stereocenters. The van der Waals surface area contributed by atoms with Crippen molar-refractivity contribution in [3.05, 3.63) is 29.3 Å². The highest BCUT2D eigenvalue weighted by atomic mass is 16.5. The Balaban J connectivity index is 2.07. The Morgan fingerprint density at radius 3 is 2.73 bits per heavy atom. The van der Waals surface area contributed by atoms with Gasteiger partial charge < -0.3 is 9.84 Å². The molecule has 15 heavy (non-hydrogen) atoms. The second kappa shape index (κ2) is 3.86. The third-order valence-corrected chi connectivity index (χ3v) is 3.30. The average Bonchev–Trinajstić information content (AvgIpc) is 2.96. The summed E-state index contributed by atoms with van der Waals surface area (Å²) in [7, 11) is 1.69. The molecule has 1 fully saturated rings. The molecule has 1 aliphatic carbocycles. The summed E-state index contributed by atoms with van der Waals surface area (Å²) in [5.41, 5.74) is 2.13. The highest BCUT2D eigenvalue weighted by molar-refractivity contribution is 5.39. The van der Waals surface area contributed by atoms with Gasteiger partial charge >= 0.3 is 0 Å². The Morgan fingerprint density at radius 2 is 2.13 bits per heavy atom. The molecule has 2 heteroatoms. The van der Waals surface area contributed by atoms with Crippen LogP contribution in [0.2, 0.25) is 0 Å². The molecule has 0 radical (unpaired) electrons. The predicted octanol–water partition coefficient (Wildman–Crippen LogP) is 2.46. The number of hydrogen-bond donors (Lipinski definition) is 1. The zero-order valence-corrected chi connectivity index (χ0v) is 9.42. The van der Waals surface area contributed by atoms with Crippen LogP contribution < -0.4 is 4.74 Å². The van der Waals surface area contributed by atoms with E-state index in [0.717, 1.165) is 31.4 Å². The van der Waals surface area contributed by atoms with Crippen LogP contribution in [-0.4, -0.2) is 17.8 Å². The Kier molecular flexibility index (Phi) is 2.70. The van der Waals surface area contributed by atoms with Gasteiger partial charge in [0, 0.05) is 0 Å². The molecule has 1 aromatic carbocycles. The normalized spacial score (nSPS) is 17.5. The maximum atomic E-state index is 9.78. The molecule has 0 spiro atoms. The van der Waals surface area contributed by atoms with Crippen molar-refractivity contribution in [3.63, 3.8) is 0 Å². The number of methoxy groups -OCH3 is 1. The van der Waals surface area contributed by atoms with Crippen molar-refractivity contribution in [1.82, 2.24) is 0 Å². The first-order valence-electron chi connectivity index (χ1n) is 5.49. The van der Waals surface area contributed by atoms with Gasteiger partial charge in [0.2, 0.25) is 0 Å². The zero-order valence-electron chi connectivity index (χ0n) is 9.42. The molecule has 0 unspecified atom stereocenters. The smallest absolute Gasteiger partial charge is 0.122 e. The third kappa shape index (κ3) is 2.32. The summed E-state index contributed by atoms with van der Waals surface area (Å²) >= 11 is 0. The maximum Gasteiger partial charge on any atom is 0.122 e. The van der Waals surface area contributed by atoms with Crippen LogP contribution in [0, 0.1) is 6.92 Å². The van der Waals surface area contributed by atoms with E-state index in [1.807, 2.05) is 12.1 Å². The summed E-state index contributed by atoms with van der Waals surface area (Å²) in [6.45, 7) is 2.07. The van der Waals surface area contributed by atoms with Crippen molar-refractivity contribution in [2.75, 3.05) is 7.11 Å². The van der Waals surface area contributed by atoms with Crippen molar-refractivity contribution < 1.29 is 9.84 Å². The van der Waals surface area contributed by atoms with Crippen molar-refractivity contribution in [2.45, 2.75) is 38.2 Å². The largest absolute Gasteiger partial charge is 0.496 e. The minimum absolute atomic E-state index is 0.352. The molecule has 1 aromatic rings. The molecule has 0 heterocycles.